The molecule has 0 aromatic carbocycles. The Balaban J connectivity index is 2.72. The number of nitrogens with one attached hydrogen (secondary N) is 2. The Hall–Kier alpha value is 1.85. The molecule has 10 heteroatoms. The zero-order valence-corrected chi connectivity index (χ0v) is 15.5. The highest BCUT2D eigenvalue weighted by atomic mass is 35.7. The summed E-state index contributed by atoms with van der Waals surface area (Å²) < 4.78 is 4.06. The second-order valence-electron chi connectivity index (χ2n) is 3.71. The summed E-state index contributed by atoms with van der Waals surface area (Å²) in [6.45, 7) is 6.05. The van der Waals surface area contributed by atoms with Crippen molar-refractivity contribution in [2.75, 3.05) is 25.4 Å². The molecule has 1 saturated heterocycles. The van der Waals surface area contributed by atoms with Crippen LogP contribution in [0.5, 0.6) is 0 Å². The molecule has 1 rings (SSSR count). The predicted octanol–water partition coefficient (Wildman–Crippen LogP) is 3.44. The van der Waals surface area contributed by atoms with Crippen molar-refractivity contribution in [3.05, 3.63) is 0 Å². The molecule has 0 bridgehead atoms. The van der Waals surface area contributed by atoms with Gasteiger partial charge in [-0.25, -0.2) is 10.9 Å². The molecular formula is C8H20Cl2N4P2S2. The highest BCUT2D eigenvalue weighted by molar-refractivity contribution is 8.30. The molecule has 1 fully saturated rings. The molecule has 0 aliphatic carbocycles. The van der Waals surface area contributed by atoms with E-state index in [9.17, 15) is 0 Å². The Labute approximate surface area is 129 Å². The van der Waals surface area contributed by atoms with E-state index in [1.165, 1.54) is 0 Å². The third-order valence-corrected chi connectivity index (χ3v) is 11.7. The number of nitrogens with zero attached hydrogens (tertiary/aromatic N) is 2. The van der Waals surface area contributed by atoms with Gasteiger partial charge in [-0.05, 0) is 24.0 Å². The van der Waals surface area contributed by atoms with Crippen LogP contribution in [0.2, 0.25) is 0 Å². The Kier molecular flexibility index (Phi) is 9.67. The SMILES string of the molecule is CCCNN1P(Cl)CCP(Cl)N(NCCC)S1=S. The fraction of sp³-hybridized carbons (Fsp3) is 1.00. The normalized spacial score (nSPS) is 31.4. The van der Waals surface area contributed by atoms with Crippen LogP contribution < -0.4 is 10.9 Å². The van der Waals surface area contributed by atoms with Crippen LogP contribution in [0.15, 0.2) is 0 Å². The fourth-order valence-electron chi connectivity index (χ4n) is 1.25. The van der Waals surface area contributed by atoms with Gasteiger partial charge in [0.2, 0.25) is 0 Å². The summed E-state index contributed by atoms with van der Waals surface area (Å²) in [5.41, 5.74) is 6.69. The van der Waals surface area contributed by atoms with Gasteiger partial charge < -0.3 is 0 Å². The highest BCUT2D eigenvalue weighted by Gasteiger charge is 2.32. The van der Waals surface area contributed by atoms with E-state index in [1.54, 1.807) is 0 Å². The van der Waals surface area contributed by atoms with Crippen molar-refractivity contribution < 1.29 is 0 Å². The molecule has 1 aliphatic heterocycles. The van der Waals surface area contributed by atoms with Gasteiger partial charge in [0, 0.05) is 25.4 Å². The summed E-state index contributed by atoms with van der Waals surface area (Å²) in [5, 5.41) is 0. The molecule has 1 heterocycles. The standard InChI is InChI=1S/C8H20Cl2N4P2S2/c1-3-5-11-13-15(9)7-8-16(10)14(18(13)17)12-6-4-2/h11-12H,3-8H2,1-2H3. The average molecular weight is 369 g/mol. The maximum Gasteiger partial charge on any atom is 0.0915 e. The molecule has 0 aromatic heterocycles. The van der Waals surface area contributed by atoms with Gasteiger partial charge in [0.05, 0.1) is 24.7 Å². The van der Waals surface area contributed by atoms with E-state index < -0.39 is 24.7 Å². The summed E-state index contributed by atoms with van der Waals surface area (Å²) in [4.78, 5) is 0. The minimum absolute atomic E-state index is 0.525. The minimum atomic E-state index is -0.748. The van der Waals surface area contributed by atoms with Gasteiger partial charge in [-0.3, -0.25) is 0 Å². The van der Waals surface area contributed by atoms with Crippen LogP contribution in [-0.2, 0) is 21.0 Å². The number of hydrogen-bond donors (Lipinski definition) is 2. The summed E-state index contributed by atoms with van der Waals surface area (Å²) in [7, 11) is -2.02. The summed E-state index contributed by atoms with van der Waals surface area (Å²) in [5.74, 6) is 0. The van der Waals surface area contributed by atoms with Crippen molar-refractivity contribution >= 4 is 58.3 Å². The first-order valence-electron chi connectivity index (χ1n) is 5.97. The van der Waals surface area contributed by atoms with Crippen molar-refractivity contribution in [2.45, 2.75) is 26.7 Å². The van der Waals surface area contributed by atoms with Gasteiger partial charge in [-0.2, -0.15) is 0 Å². The zero-order chi connectivity index (χ0) is 13.5. The van der Waals surface area contributed by atoms with Crippen LogP contribution >= 0.6 is 37.3 Å². The van der Waals surface area contributed by atoms with E-state index >= 15 is 0 Å². The first kappa shape index (κ1) is 17.9. The minimum Gasteiger partial charge on any atom is -0.239 e. The molecule has 0 radical (unpaired) electrons. The van der Waals surface area contributed by atoms with Gasteiger partial charge in [0.15, 0.2) is 0 Å². The summed E-state index contributed by atoms with van der Waals surface area (Å²) in [6.07, 6.45) is 3.96. The Morgan fingerprint density at radius 2 is 1.44 bits per heavy atom. The van der Waals surface area contributed by atoms with E-state index in [1.807, 2.05) is 8.37 Å². The first-order valence-corrected chi connectivity index (χ1v) is 12.8. The van der Waals surface area contributed by atoms with Crippen molar-refractivity contribution in [2.24, 2.45) is 0 Å². The topological polar surface area (TPSA) is 30.5 Å². The van der Waals surface area contributed by atoms with Gasteiger partial charge in [-0.15, -0.1) is 8.37 Å². The van der Waals surface area contributed by atoms with E-state index in [-0.39, 0.29) is 0 Å². The van der Waals surface area contributed by atoms with E-state index in [0.29, 0.717) is 0 Å². The van der Waals surface area contributed by atoms with Crippen LogP contribution in [0.3, 0.4) is 0 Å². The van der Waals surface area contributed by atoms with E-state index in [2.05, 4.69) is 24.7 Å². The second kappa shape index (κ2) is 9.73. The highest BCUT2D eigenvalue weighted by Crippen LogP contribution is 2.57. The van der Waals surface area contributed by atoms with Gasteiger partial charge >= 0.3 is 0 Å². The number of halogens is 2. The Bertz CT molecular complexity index is 253. The Morgan fingerprint density at radius 1 is 1.06 bits per heavy atom. The van der Waals surface area contributed by atoms with Crippen molar-refractivity contribution in [1.82, 2.24) is 19.2 Å². The van der Waals surface area contributed by atoms with Crippen molar-refractivity contribution in [3.63, 3.8) is 0 Å². The van der Waals surface area contributed by atoms with Crippen LogP contribution in [0.4, 0.5) is 0 Å². The van der Waals surface area contributed by atoms with Crippen molar-refractivity contribution in [1.29, 1.82) is 0 Å². The third kappa shape index (κ3) is 5.33. The van der Waals surface area contributed by atoms with E-state index in [4.69, 9.17) is 33.7 Å². The monoisotopic (exact) mass is 368 g/mol. The summed E-state index contributed by atoms with van der Waals surface area (Å²) in [6, 6.07) is 0. The van der Waals surface area contributed by atoms with Gasteiger partial charge in [-0.1, -0.05) is 36.3 Å². The van der Waals surface area contributed by atoms with E-state index in [0.717, 1.165) is 38.3 Å². The Morgan fingerprint density at radius 3 is 1.78 bits per heavy atom. The number of hydrazine groups is 2. The molecular weight excluding hydrogens is 349 g/mol. The molecule has 2 atom stereocenters. The van der Waals surface area contributed by atoms with Gasteiger partial charge in [0.1, 0.15) is 0 Å². The number of rotatable bonds is 6. The zero-order valence-electron chi connectivity index (χ0n) is 10.6. The molecule has 1 aliphatic rings. The number of hydrogen-bond acceptors (Lipinski definition) is 3. The third-order valence-electron chi connectivity index (χ3n) is 2.15. The molecule has 2 N–H and O–H groups in total. The largest absolute Gasteiger partial charge is 0.239 e. The average Bonchev–Trinajstić information content (AvgIpc) is 2.45. The molecule has 0 saturated carbocycles. The lowest BCUT2D eigenvalue weighted by molar-refractivity contribution is 0.467. The maximum absolute atomic E-state index is 6.45. The lowest BCUT2D eigenvalue weighted by Gasteiger charge is -2.32. The molecule has 0 aromatic rings. The molecule has 0 amide bonds. The lowest BCUT2D eigenvalue weighted by atomic mass is 10.5. The molecule has 108 valence electrons. The van der Waals surface area contributed by atoms with Crippen LogP contribution in [0.25, 0.3) is 0 Å². The molecule has 18 heavy (non-hydrogen) atoms. The van der Waals surface area contributed by atoms with Crippen LogP contribution in [0.1, 0.15) is 26.7 Å². The van der Waals surface area contributed by atoms with Crippen molar-refractivity contribution in [3.8, 4) is 0 Å². The van der Waals surface area contributed by atoms with Gasteiger partial charge in [0.25, 0.3) is 0 Å². The smallest absolute Gasteiger partial charge is 0.0915 e. The summed E-state index contributed by atoms with van der Waals surface area (Å²) >= 11 is 18.5. The molecule has 4 nitrogen and oxygen atoms in total. The van der Waals surface area contributed by atoms with Crippen LogP contribution in [0, 0.1) is 0 Å². The lowest BCUT2D eigenvalue weighted by Crippen LogP contribution is -2.44. The molecule has 2 unspecified atom stereocenters. The quantitative estimate of drug-likeness (QED) is 0.701. The fourth-order valence-corrected chi connectivity index (χ4v) is 11.5. The van der Waals surface area contributed by atoms with Crippen LogP contribution in [-0.4, -0.2) is 33.8 Å². The molecule has 0 spiro atoms. The maximum atomic E-state index is 6.45. The predicted molar refractivity (Wildman–Crippen MR) is 90.3 cm³/mol. The second-order valence-corrected chi connectivity index (χ2v) is 11.7. The first-order chi connectivity index (χ1) is 8.61.